The fraction of sp³-hybridized carbons (Fsp3) is 0.111. The molecule has 0 aliphatic rings. The smallest absolute Gasteiger partial charge is 0.307 e. The average Bonchev–Trinajstić information content (AvgIpc) is 2.44. The molecule has 2 aromatic rings. The third-order valence-electron chi connectivity index (χ3n) is 1.96. The van der Waals surface area contributed by atoms with E-state index < -0.39 is 11.8 Å². The van der Waals surface area contributed by atoms with Crippen LogP contribution < -0.4 is 0 Å². The quantitative estimate of drug-likeness (QED) is 0.826. The van der Waals surface area contributed by atoms with Gasteiger partial charge in [-0.25, -0.2) is 9.37 Å². The topological polar surface area (TPSA) is 66.0 Å². The second-order valence-corrected chi connectivity index (χ2v) is 3.42. The minimum atomic E-state index is -1.08. The van der Waals surface area contributed by atoms with Gasteiger partial charge in [0, 0.05) is 11.6 Å². The zero-order valence-electron chi connectivity index (χ0n) is 7.42. The maximum atomic E-state index is 13.3. The van der Waals surface area contributed by atoms with Crippen molar-refractivity contribution in [2.75, 3.05) is 0 Å². The number of imidazole rings is 1. The lowest BCUT2D eigenvalue weighted by Gasteiger charge is -1.99. The number of aromatic nitrogens is 2. The largest absolute Gasteiger partial charge is 0.481 e. The lowest BCUT2D eigenvalue weighted by atomic mass is 10.1. The summed E-state index contributed by atoms with van der Waals surface area (Å²) in [6.07, 6.45) is -0.363. The van der Waals surface area contributed by atoms with Gasteiger partial charge in [-0.2, -0.15) is 0 Å². The Morgan fingerprint density at radius 3 is 3.00 bits per heavy atom. The van der Waals surface area contributed by atoms with Crippen LogP contribution in [0.4, 0.5) is 4.39 Å². The molecule has 15 heavy (non-hydrogen) atoms. The molecule has 0 fully saturated rings. The molecule has 0 atom stereocenters. The standard InChI is InChI=1S/C9H6ClFN2O2/c10-9-12-6-1-4(2-8(14)15)5(11)3-7(6)13-9/h1,3H,2H2,(H,12,13)(H,14,15). The molecule has 0 saturated heterocycles. The lowest BCUT2D eigenvalue weighted by molar-refractivity contribution is -0.136. The monoisotopic (exact) mass is 228 g/mol. The number of rotatable bonds is 2. The van der Waals surface area contributed by atoms with Gasteiger partial charge < -0.3 is 10.1 Å². The Morgan fingerprint density at radius 1 is 1.60 bits per heavy atom. The summed E-state index contributed by atoms with van der Waals surface area (Å²) in [6.45, 7) is 0. The highest BCUT2D eigenvalue weighted by Gasteiger charge is 2.10. The van der Waals surface area contributed by atoms with Crippen molar-refractivity contribution in [1.29, 1.82) is 0 Å². The number of H-pyrrole nitrogens is 1. The van der Waals surface area contributed by atoms with E-state index in [1.165, 1.54) is 6.07 Å². The zero-order valence-corrected chi connectivity index (χ0v) is 8.18. The van der Waals surface area contributed by atoms with Crippen LogP contribution in [-0.4, -0.2) is 21.0 Å². The van der Waals surface area contributed by atoms with Gasteiger partial charge in [-0.3, -0.25) is 4.79 Å². The molecule has 0 saturated carbocycles. The van der Waals surface area contributed by atoms with Crippen molar-refractivity contribution in [3.63, 3.8) is 0 Å². The molecule has 2 rings (SSSR count). The SMILES string of the molecule is O=C(O)Cc1cc2[nH]c(Cl)nc2cc1F. The van der Waals surface area contributed by atoms with Crippen LogP contribution in [0.15, 0.2) is 12.1 Å². The van der Waals surface area contributed by atoms with Crippen molar-refractivity contribution < 1.29 is 14.3 Å². The van der Waals surface area contributed by atoms with E-state index in [0.29, 0.717) is 11.0 Å². The van der Waals surface area contributed by atoms with Crippen molar-refractivity contribution in [2.45, 2.75) is 6.42 Å². The van der Waals surface area contributed by atoms with Crippen LogP contribution in [0.3, 0.4) is 0 Å². The number of hydrogen-bond acceptors (Lipinski definition) is 2. The maximum absolute atomic E-state index is 13.3. The number of nitrogens with one attached hydrogen (secondary N) is 1. The highest BCUT2D eigenvalue weighted by molar-refractivity contribution is 6.29. The van der Waals surface area contributed by atoms with Crippen LogP contribution in [0, 0.1) is 5.82 Å². The molecule has 0 aliphatic heterocycles. The Kier molecular flexibility index (Phi) is 2.32. The molecule has 0 amide bonds. The van der Waals surface area contributed by atoms with Crippen LogP contribution in [-0.2, 0) is 11.2 Å². The minimum Gasteiger partial charge on any atom is -0.481 e. The molecule has 0 aliphatic carbocycles. The van der Waals surface area contributed by atoms with Crippen LogP contribution in [0.1, 0.15) is 5.56 Å². The Balaban J connectivity index is 2.55. The van der Waals surface area contributed by atoms with E-state index in [-0.39, 0.29) is 17.3 Å². The molecule has 0 spiro atoms. The molecule has 1 aromatic heterocycles. The Morgan fingerprint density at radius 2 is 2.33 bits per heavy atom. The molecular formula is C9H6ClFN2O2. The maximum Gasteiger partial charge on any atom is 0.307 e. The van der Waals surface area contributed by atoms with E-state index in [9.17, 15) is 9.18 Å². The van der Waals surface area contributed by atoms with Gasteiger partial charge in [-0.05, 0) is 17.7 Å². The van der Waals surface area contributed by atoms with E-state index in [1.54, 1.807) is 0 Å². The van der Waals surface area contributed by atoms with Gasteiger partial charge in [-0.1, -0.05) is 0 Å². The number of carboxylic acids is 1. The number of aromatic amines is 1. The minimum absolute atomic E-state index is 0.107. The van der Waals surface area contributed by atoms with E-state index in [0.717, 1.165) is 6.07 Å². The number of hydrogen-bond donors (Lipinski definition) is 2. The number of halogens is 2. The van der Waals surface area contributed by atoms with Gasteiger partial charge in [-0.15, -0.1) is 0 Å². The van der Waals surface area contributed by atoms with Gasteiger partial charge in [0.1, 0.15) is 5.82 Å². The van der Waals surface area contributed by atoms with Crippen molar-refractivity contribution >= 4 is 28.6 Å². The first-order chi connectivity index (χ1) is 7.06. The summed E-state index contributed by atoms with van der Waals surface area (Å²) in [5, 5.41) is 8.70. The average molecular weight is 229 g/mol. The van der Waals surface area contributed by atoms with E-state index in [4.69, 9.17) is 16.7 Å². The summed E-state index contributed by atoms with van der Waals surface area (Å²) in [4.78, 5) is 17.0. The van der Waals surface area contributed by atoms with Gasteiger partial charge in [0.2, 0.25) is 5.28 Å². The highest BCUT2D eigenvalue weighted by Crippen LogP contribution is 2.19. The van der Waals surface area contributed by atoms with Gasteiger partial charge >= 0.3 is 5.97 Å². The van der Waals surface area contributed by atoms with E-state index in [2.05, 4.69) is 9.97 Å². The summed E-state index contributed by atoms with van der Waals surface area (Å²) in [6, 6.07) is 2.56. The van der Waals surface area contributed by atoms with Crippen molar-refractivity contribution in [3.8, 4) is 0 Å². The number of carboxylic acid groups (broad SMARTS) is 1. The summed E-state index contributed by atoms with van der Waals surface area (Å²) >= 11 is 5.59. The molecule has 1 heterocycles. The lowest BCUT2D eigenvalue weighted by Crippen LogP contribution is -2.02. The van der Waals surface area contributed by atoms with E-state index >= 15 is 0 Å². The summed E-state index contributed by atoms with van der Waals surface area (Å²) < 4.78 is 13.3. The molecule has 6 heteroatoms. The molecule has 4 nitrogen and oxygen atoms in total. The van der Waals surface area contributed by atoms with Crippen LogP contribution >= 0.6 is 11.6 Å². The third kappa shape index (κ3) is 1.92. The molecule has 1 aromatic carbocycles. The van der Waals surface area contributed by atoms with Crippen LogP contribution in [0.25, 0.3) is 11.0 Å². The highest BCUT2D eigenvalue weighted by atomic mass is 35.5. The molecule has 0 bridgehead atoms. The second kappa shape index (κ2) is 3.51. The van der Waals surface area contributed by atoms with Crippen molar-refractivity contribution in [3.05, 3.63) is 28.8 Å². The fourth-order valence-corrected chi connectivity index (χ4v) is 1.54. The fourth-order valence-electron chi connectivity index (χ4n) is 1.34. The summed E-state index contributed by atoms with van der Waals surface area (Å²) in [7, 11) is 0. The first-order valence-electron chi connectivity index (χ1n) is 4.11. The number of fused-ring (bicyclic) bond motifs is 1. The number of carbonyl (C=O) groups is 1. The molecule has 0 radical (unpaired) electrons. The second-order valence-electron chi connectivity index (χ2n) is 3.06. The van der Waals surface area contributed by atoms with Crippen molar-refractivity contribution in [2.24, 2.45) is 0 Å². The van der Waals surface area contributed by atoms with Gasteiger partial charge in [0.15, 0.2) is 0 Å². The zero-order chi connectivity index (χ0) is 11.0. The Bertz CT molecular complexity index is 538. The molecule has 78 valence electrons. The predicted molar refractivity (Wildman–Crippen MR) is 52.4 cm³/mol. The Hall–Kier alpha value is -1.62. The predicted octanol–water partition coefficient (Wildman–Crippen LogP) is 1.98. The Labute approximate surface area is 88.7 Å². The van der Waals surface area contributed by atoms with E-state index in [1.807, 2.05) is 0 Å². The molecular weight excluding hydrogens is 223 g/mol. The van der Waals surface area contributed by atoms with Gasteiger partial charge in [0.25, 0.3) is 0 Å². The van der Waals surface area contributed by atoms with Crippen molar-refractivity contribution in [1.82, 2.24) is 9.97 Å². The summed E-state index contributed by atoms with van der Waals surface area (Å²) in [5.74, 6) is -1.67. The first-order valence-corrected chi connectivity index (χ1v) is 4.49. The first kappa shape index (κ1) is 9.92. The molecule has 2 N–H and O–H groups in total. The number of nitrogens with zero attached hydrogens (tertiary/aromatic N) is 1. The van der Waals surface area contributed by atoms with Crippen LogP contribution in [0.5, 0.6) is 0 Å². The third-order valence-corrected chi connectivity index (χ3v) is 2.14. The number of aliphatic carboxylic acids is 1. The molecule has 0 unspecified atom stereocenters. The number of benzene rings is 1. The van der Waals surface area contributed by atoms with Gasteiger partial charge in [0.05, 0.1) is 17.5 Å². The summed E-state index contributed by atoms with van der Waals surface area (Å²) in [5.41, 5.74) is 1.01. The normalized spacial score (nSPS) is 10.8. The van der Waals surface area contributed by atoms with Crippen LogP contribution in [0.2, 0.25) is 5.28 Å².